The Kier molecular flexibility index (Phi) is 5.00. The number of ether oxygens (including phenoxy) is 1. The second-order valence-electron chi connectivity index (χ2n) is 5.43. The van der Waals surface area contributed by atoms with E-state index in [-0.39, 0.29) is 11.6 Å². The number of hydrogen-bond donors (Lipinski definition) is 2. The number of para-hydroxylation sites is 1. The van der Waals surface area contributed by atoms with E-state index in [1.54, 1.807) is 31.4 Å². The van der Waals surface area contributed by atoms with Crippen molar-refractivity contribution in [1.29, 1.82) is 0 Å². The van der Waals surface area contributed by atoms with Crippen molar-refractivity contribution in [3.05, 3.63) is 64.5 Å². The summed E-state index contributed by atoms with van der Waals surface area (Å²) in [5, 5.41) is 3.87. The van der Waals surface area contributed by atoms with Gasteiger partial charge in [-0.2, -0.15) is 0 Å². The number of hydrogen-bond acceptors (Lipinski definition) is 6. The Morgan fingerprint density at radius 2 is 2.04 bits per heavy atom. The van der Waals surface area contributed by atoms with Gasteiger partial charge in [0, 0.05) is 11.3 Å². The standard InChI is InChI=1S/C19H19N3O2S/c1-3-12-7-4-5-10-15(12)21-19-22-18(20)17(25-19)16(23)13-8-6-9-14(11-13)24-2/h4-11H,3,20H2,1-2H3,(H,21,22). The highest BCUT2D eigenvalue weighted by molar-refractivity contribution is 7.18. The lowest BCUT2D eigenvalue weighted by molar-refractivity contribution is 0.104. The van der Waals surface area contributed by atoms with Crippen molar-refractivity contribution in [2.24, 2.45) is 0 Å². The molecular weight excluding hydrogens is 334 g/mol. The van der Waals surface area contributed by atoms with Gasteiger partial charge in [0.05, 0.1) is 7.11 Å². The number of ketones is 1. The Labute approximate surface area is 150 Å². The number of nitrogen functional groups attached to an aromatic ring is 1. The minimum atomic E-state index is -0.161. The van der Waals surface area contributed by atoms with Gasteiger partial charge in [-0.05, 0) is 30.2 Å². The minimum Gasteiger partial charge on any atom is -0.497 e. The number of nitrogens with one attached hydrogen (secondary N) is 1. The summed E-state index contributed by atoms with van der Waals surface area (Å²) in [6, 6.07) is 15.0. The molecular formula is C19H19N3O2S. The van der Waals surface area contributed by atoms with Crippen LogP contribution in [0.15, 0.2) is 48.5 Å². The molecule has 0 spiro atoms. The predicted octanol–water partition coefficient (Wildman–Crippen LogP) is 4.27. The zero-order valence-corrected chi connectivity index (χ0v) is 14.9. The Bertz CT molecular complexity index is 905. The van der Waals surface area contributed by atoms with Crippen LogP contribution in [0.2, 0.25) is 0 Å². The summed E-state index contributed by atoms with van der Waals surface area (Å²) >= 11 is 1.25. The summed E-state index contributed by atoms with van der Waals surface area (Å²) < 4.78 is 5.17. The number of thiazole rings is 1. The van der Waals surface area contributed by atoms with Crippen molar-refractivity contribution in [3.8, 4) is 5.75 Å². The quantitative estimate of drug-likeness (QED) is 0.647. The van der Waals surface area contributed by atoms with Crippen LogP contribution in [0.3, 0.4) is 0 Å². The topological polar surface area (TPSA) is 77.2 Å². The van der Waals surface area contributed by atoms with Crippen LogP contribution in [0.4, 0.5) is 16.6 Å². The fourth-order valence-electron chi connectivity index (χ4n) is 2.51. The molecule has 0 aliphatic carbocycles. The van der Waals surface area contributed by atoms with E-state index in [9.17, 15) is 4.79 Å². The Balaban J connectivity index is 1.88. The number of anilines is 3. The van der Waals surface area contributed by atoms with Gasteiger partial charge in [-0.15, -0.1) is 0 Å². The van der Waals surface area contributed by atoms with Crippen LogP contribution in [0, 0.1) is 0 Å². The van der Waals surface area contributed by atoms with Gasteiger partial charge in [0.25, 0.3) is 0 Å². The number of nitrogens with two attached hydrogens (primary N) is 1. The fraction of sp³-hybridized carbons (Fsp3) is 0.158. The van der Waals surface area contributed by atoms with E-state index in [0.29, 0.717) is 21.3 Å². The Morgan fingerprint density at radius 3 is 2.80 bits per heavy atom. The maximum absolute atomic E-state index is 12.7. The second kappa shape index (κ2) is 7.36. The largest absolute Gasteiger partial charge is 0.497 e. The number of aromatic nitrogens is 1. The molecule has 3 rings (SSSR count). The van der Waals surface area contributed by atoms with Crippen molar-refractivity contribution >= 4 is 33.8 Å². The highest BCUT2D eigenvalue weighted by Crippen LogP contribution is 2.31. The van der Waals surface area contributed by atoms with E-state index in [1.165, 1.54) is 16.9 Å². The van der Waals surface area contributed by atoms with Crippen molar-refractivity contribution < 1.29 is 9.53 Å². The lowest BCUT2D eigenvalue weighted by Crippen LogP contribution is -2.02. The lowest BCUT2D eigenvalue weighted by Gasteiger charge is -2.07. The summed E-state index contributed by atoms with van der Waals surface area (Å²) in [7, 11) is 1.57. The summed E-state index contributed by atoms with van der Waals surface area (Å²) in [4.78, 5) is 17.5. The van der Waals surface area contributed by atoms with Crippen molar-refractivity contribution in [2.45, 2.75) is 13.3 Å². The Morgan fingerprint density at radius 1 is 1.24 bits per heavy atom. The molecule has 3 N–H and O–H groups in total. The fourth-order valence-corrected chi connectivity index (χ4v) is 3.37. The first-order chi connectivity index (χ1) is 12.1. The molecule has 1 heterocycles. The SMILES string of the molecule is CCc1ccccc1Nc1nc(N)c(C(=O)c2cccc(OC)c2)s1. The molecule has 0 amide bonds. The summed E-state index contributed by atoms with van der Waals surface area (Å²) in [6.07, 6.45) is 0.902. The number of rotatable bonds is 6. The van der Waals surface area contributed by atoms with Crippen LogP contribution < -0.4 is 15.8 Å². The van der Waals surface area contributed by atoms with Gasteiger partial charge in [-0.1, -0.05) is 48.6 Å². The number of methoxy groups -OCH3 is 1. The number of benzene rings is 2. The molecule has 0 radical (unpaired) electrons. The van der Waals surface area contributed by atoms with Gasteiger partial charge >= 0.3 is 0 Å². The number of carbonyl (C=O) groups is 1. The summed E-state index contributed by atoms with van der Waals surface area (Å²) in [5.41, 5.74) is 8.65. The van der Waals surface area contributed by atoms with Crippen LogP contribution in [-0.4, -0.2) is 17.9 Å². The van der Waals surface area contributed by atoms with E-state index in [2.05, 4.69) is 23.3 Å². The highest BCUT2D eigenvalue weighted by Gasteiger charge is 2.19. The molecule has 6 heteroatoms. The number of carbonyl (C=O) groups excluding carboxylic acids is 1. The van der Waals surface area contributed by atoms with Gasteiger partial charge in [-0.3, -0.25) is 4.79 Å². The third kappa shape index (κ3) is 3.64. The first-order valence-electron chi connectivity index (χ1n) is 7.92. The van der Waals surface area contributed by atoms with Crippen LogP contribution in [-0.2, 0) is 6.42 Å². The molecule has 0 fully saturated rings. The monoisotopic (exact) mass is 353 g/mol. The average Bonchev–Trinajstić information content (AvgIpc) is 3.01. The van der Waals surface area contributed by atoms with Crippen LogP contribution in [0.5, 0.6) is 5.75 Å². The van der Waals surface area contributed by atoms with Gasteiger partial charge in [0.1, 0.15) is 16.4 Å². The van der Waals surface area contributed by atoms with Crippen molar-refractivity contribution in [1.82, 2.24) is 4.98 Å². The third-order valence-electron chi connectivity index (χ3n) is 3.83. The van der Waals surface area contributed by atoms with E-state index in [1.807, 2.05) is 18.2 Å². The van der Waals surface area contributed by atoms with E-state index >= 15 is 0 Å². The molecule has 5 nitrogen and oxygen atoms in total. The number of aryl methyl sites for hydroxylation is 1. The Hall–Kier alpha value is -2.86. The lowest BCUT2D eigenvalue weighted by atomic mass is 10.1. The maximum atomic E-state index is 12.7. The first-order valence-corrected chi connectivity index (χ1v) is 8.74. The second-order valence-corrected chi connectivity index (χ2v) is 6.43. The van der Waals surface area contributed by atoms with Crippen LogP contribution >= 0.6 is 11.3 Å². The average molecular weight is 353 g/mol. The summed E-state index contributed by atoms with van der Waals surface area (Å²) in [6.45, 7) is 2.09. The molecule has 2 aromatic carbocycles. The molecule has 25 heavy (non-hydrogen) atoms. The van der Waals surface area contributed by atoms with Crippen molar-refractivity contribution in [2.75, 3.05) is 18.2 Å². The predicted molar refractivity (Wildman–Crippen MR) is 102 cm³/mol. The molecule has 0 aliphatic rings. The van der Waals surface area contributed by atoms with Crippen LogP contribution in [0.1, 0.15) is 27.7 Å². The van der Waals surface area contributed by atoms with E-state index < -0.39 is 0 Å². The summed E-state index contributed by atoms with van der Waals surface area (Å²) in [5.74, 6) is 0.698. The zero-order valence-electron chi connectivity index (χ0n) is 14.1. The van der Waals surface area contributed by atoms with Gasteiger partial charge in [0.2, 0.25) is 5.78 Å². The molecule has 0 saturated carbocycles. The third-order valence-corrected chi connectivity index (χ3v) is 4.82. The van der Waals surface area contributed by atoms with Crippen molar-refractivity contribution in [3.63, 3.8) is 0 Å². The smallest absolute Gasteiger partial charge is 0.206 e. The molecule has 0 saturated heterocycles. The molecule has 3 aromatic rings. The van der Waals surface area contributed by atoms with E-state index in [4.69, 9.17) is 10.5 Å². The molecule has 0 atom stereocenters. The zero-order chi connectivity index (χ0) is 17.8. The van der Waals surface area contributed by atoms with Gasteiger partial charge < -0.3 is 15.8 Å². The molecule has 0 bridgehead atoms. The van der Waals surface area contributed by atoms with Gasteiger partial charge in [-0.25, -0.2) is 4.98 Å². The molecule has 0 unspecified atom stereocenters. The molecule has 0 aliphatic heterocycles. The van der Waals surface area contributed by atoms with E-state index in [0.717, 1.165) is 12.1 Å². The maximum Gasteiger partial charge on any atom is 0.206 e. The number of nitrogens with zero attached hydrogens (tertiary/aromatic N) is 1. The normalized spacial score (nSPS) is 10.5. The van der Waals surface area contributed by atoms with Gasteiger partial charge in [0.15, 0.2) is 5.13 Å². The molecule has 128 valence electrons. The molecule has 1 aromatic heterocycles. The highest BCUT2D eigenvalue weighted by atomic mass is 32.1. The van der Waals surface area contributed by atoms with Crippen LogP contribution in [0.25, 0.3) is 0 Å². The minimum absolute atomic E-state index is 0.161. The first kappa shape index (κ1) is 17.0.